The predicted octanol–water partition coefficient (Wildman–Crippen LogP) is 3.66. The van der Waals surface area contributed by atoms with E-state index in [1.54, 1.807) is 0 Å². The van der Waals surface area contributed by atoms with Crippen LogP contribution in [0.1, 0.15) is 50.5 Å². The molecule has 1 aliphatic rings. The van der Waals surface area contributed by atoms with Crippen molar-refractivity contribution in [3.63, 3.8) is 0 Å². The molecule has 16 heavy (non-hydrogen) atoms. The van der Waals surface area contributed by atoms with Gasteiger partial charge in [0.25, 0.3) is 0 Å². The molecule has 2 nitrogen and oxygen atoms in total. The summed E-state index contributed by atoms with van der Waals surface area (Å²) in [5.41, 5.74) is 1.38. The molecule has 2 heteroatoms. The molecular weight excluding hydrogens is 200 g/mol. The number of carbonyl (C=O) groups excluding carboxylic acids is 1. The van der Waals surface area contributed by atoms with Crippen molar-refractivity contribution in [2.75, 3.05) is 0 Å². The number of rotatable bonds is 2. The third kappa shape index (κ3) is 2.84. The van der Waals surface area contributed by atoms with E-state index >= 15 is 0 Å². The number of benzene rings is 1. The molecule has 0 atom stereocenters. The molecule has 0 spiro atoms. The number of ether oxygens (including phenoxy) is 1. The van der Waals surface area contributed by atoms with Gasteiger partial charge in [-0.3, -0.25) is 4.79 Å². The standard InChI is InChI=1S/C14H18O2/c1-11(15)16-14-9-7-13(8-10-14)12-5-3-2-4-6-12/h7-10,12H,2-6H2,1H3. The summed E-state index contributed by atoms with van der Waals surface area (Å²) in [6.45, 7) is 1.43. The maximum Gasteiger partial charge on any atom is 0.308 e. The fourth-order valence-electron chi connectivity index (χ4n) is 2.41. The zero-order valence-electron chi connectivity index (χ0n) is 9.74. The van der Waals surface area contributed by atoms with Crippen LogP contribution in [0.2, 0.25) is 0 Å². The van der Waals surface area contributed by atoms with E-state index in [9.17, 15) is 4.79 Å². The molecule has 0 bridgehead atoms. The molecule has 0 aromatic heterocycles. The minimum atomic E-state index is -0.259. The third-order valence-electron chi connectivity index (χ3n) is 3.22. The van der Waals surface area contributed by atoms with E-state index in [4.69, 9.17) is 4.74 Å². The highest BCUT2D eigenvalue weighted by Gasteiger charge is 2.15. The maximum atomic E-state index is 10.8. The number of hydrogen-bond donors (Lipinski definition) is 0. The average Bonchev–Trinajstić information content (AvgIpc) is 2.30. The van der Waals surface area contributed by atoms with Crippen LogP contribution >= 0.6 is 0 Å². The molecule has 0 heterocycles. The SMILES string of the molecule is CC(=O)Oc1ccc(C2CCCCC2)cc1. The van der Waals surface area contributed by atoms with Crippen molar-refractivity contribution in [1.29, 1.82) is 0 Å². The predicted molar refractivity (Wildman–Crippen MR) is 63.6 cm³/mol. The van der Waals surface area contributed by atoms with Gasteiger partial charge in [-0.25, -0.2) is 0 Å². The molecular formula is C14H18O2. The fourth-order valence-corrected chi connectivity index (χ4v) is 2.41. The van der Waals surface area contributed by atoms with Gasteiger partial charge in [0.15, 0.2) is 0 Å². The molecule has 0 N–H and O–H groups in total. The first-order chi connectivity index (χ1) is 7.75. The monoisotopic (exact) mass is 218 g/mol. The van der Waals surface area contributed by atoms with Crippen molar-refractivity contribution >= 4 is 5.97 Å². The van der Waals surface area contributed by atoms with Gasteiger partial charge in [0.05, 0.1) is 0 Å². The Hall–Kier alpha value is -1.31. The van der Waals surface area contributed by atoms with E-state index in [0.717, 1.165) is 0 Å². The van der Waals surface area contributed by atoms with Gasteiger partial charge >= 0.3 is 5.97 Å². The first-order valence-corrected chi connectivity index (χ1v) is 6.04. The van der Waals surface area contributed by atoms with Gasteiger partial charge in [-0.2, -0.15) is 0 Å². The van der Waals surface area contributed by atoms with Crippen LogP contribution in [0.15, 0.2) is 24.3 Å². The lowest BCUT2D eigenvalue weighted by atomic mass is 9.84. The summed E-state index contributed by atoms with van der Waals surface area (Å²) in [5, 5.41) is 0. The van der Waals surface area contributed by atoms with Crippen LogP contribution < -0.4 is 4.74 Å². The van der Waals surface area contributed by atoms with Gasteiger partial charge < -0.3 is 4.74 Å². The van der Waals surface area contributed by atoms with Gasteiger partial charge in [0, 0.05) is 6.92 Å². The second-order valence-corrected chi connectivity index (χ2v) is 4.50. The van der Waals surface area contributed by atoms with Crippen LogP contribution in [-0.4, -0.2) is 5.97 Å². The molecule has 1 aromatic carbocycles. The summed E-state index contributed by atoms with van der Waals surface area (Å²) in [5.74, 6) is 1.10. The van der Waals surface area contributed by atoms with Crippen molar-refractivity contribution < 1.29 is 9.53 Å². The molecule has 1 aromatic rings. The highest BCUT2D eigenvalue weighted by atomic mass is 16.5. The van der Waals surface area contributed by atoms with Crippen molar-refractivity contribution in [2.45, 2.75) is 44.9 Å². The van der Waals surface area contributed by atoms with E-state index in [1.165, 1.54) is 44.6 Å². The van der Waals surface area contributed by atoms with Gasteiger partial charge in [-0.1, -0.05) is 31.4 Å². The van der Waals surface area contributed by atoms with E-state index in [2.05, 4.69) is 12.1 Å². The minimum Gasteiger partial charge on any atom is -0.427 e. The Morgan fingerprint density at radius 2 is 1.75 bits per heavy atom. The van der Waals surface area contributed by atoms with Crippen LogP contribution in [0.3, 0.4) is 0 Å². The summed E-state index contributed by atoms with van der Waals surface area (Å²) >= 11 is 0. The number of hydrogen-bond acceptors (Lipinski definition) is 2. The summed E-state index contributed by atoms with van der Waals surface area (Å²) in [6.07, 6.45) is 6.66. The van der Waals surface area contributed by atoms with E-state index in [0.29, 0.717) is 11.7 Å². The Morgan fingerprint density at radius 1 is 1.12 bits per heavy atom. The van der Waals surface area contributed by atoms with Crippen LogP contribution in [-0.2, 0) is 4.79 Å². The first-order valence-electron chi connectivity index (χ1n) is 6.04. The summed E-state index contributed by atoms with van der Waals surface area (Å²) < 4.78 is 5.02. The van der Waals surface area contributed by atoms with Crippen LogP contribution in [0, 0.1) is 0 Å². The second kappa shape index (κ2) is 5.15. The Morgan fingerprint density at radius 3 is 2.31 bits per heavy atom. The van der Waals surface area contributed by atoms with Crippen LogP contribution in [0.5, 0.6) is 5.75 Å². The summed E-state index contributed by atoms with van der Waals surface area (Å²) in [6, 6.07) is 7.97. The van der Waals surface area contributed by atoms with Crippen molar-refractivity contribution in [1.82, 2.24) is 0 Å². The van der Waals surface area contributed by atoms with Gasteiger partial charge in [0.1, 0.15) is 5.75 Å². The highest BCUT2D eigenvalue weighted by Crippen LogP contribution is 2.33. The lowest BCUT2D eigenvalue weighted by molar-refractivity contribution is -0.131. The Labute approximate surface area is 96.6 Å². The molecule has 0 aliphatic heterocycles. The quantitative estimate of drug-likeness (QED) is 0.559. The molecule has 0 unspecified atom stereocenters. The maximum absolute atomic E-state index is 10.8. The van der Waals surface area contributed by atoms with Crippen molar-refractivity contribution in [2.24, 2.45) is 0 Å². The largest absolute Gasteiger partial charge is 0.427 e. The zero-order valence-corrected chi connectivity index (χ0v) is 9.74. The number of carbonyl (C=O) groups is 1. The lowest BCUT2D eigenvalue weighted by Crippen LogP contribution is -2.05. The molecule has 86 valence electrons. The Balaban J connectivity index is 2.03. The zero-order chi connectivity index (χ0) is 11.4. The molecule has 1 fully saturated rings. The Kier molecular flexibility index (Phi) is 3.60. The van der Waals surface area contributed by atoms with Gasteiger partial charge in [-0.15, -0.1) is 0 Å². The first kappa shape index (κ1) is 11.2. The van der Waals surface area contributed by atoms with Crippen molar-refractivity contribution in [3.05, 3.63) is 29.8 Å². The normalized spacial score (nSPS) is 17.1. The summed E-state index contributed by atoms with van der Waals surface area (Å²) in [4.78, 5) is 10.8. The number of esters is 1. The fraction of sp³-hybridized carbons (Fsp3) is 0.500. The minimum absolute atomic E-state index is 0.259. The molecule has 2 rings (SSSR count). The average molecular weight is 218 g/mol. The Bertz CT molecular complexity index is 348. The van der Waals surface area contributed by atoms with Crippen LogP contribution in [0.4, 0.5) is 0 Å². The lowest BCUT2D eigenvalue weighted by Gasteiger charge is -2.21. The van der Waals surface area contributed by atoms with Crippen molar-refractivity contribution in [3.8, 4) is 5.75 Å². The van der Waals surface area contributed by atoms with Gasteiger partial charge in [0.2, 0.25) is 0 Å². The van der Waals surface area contributed by atoms with Crippen LogP contribution in [0.25, 0.3) is 0 Å². The molecule has 0 saturated heterocycles. The molecule has 0 amide bonds. The van der Waals surface area contributed by atoms with E-state index in [-0.39, 0.29) is 5.97 Å². The topological polar surface area (TPSA) is 26.3 Å². The smallest absolute Gasteiger partial charge is 0.308 e. The molecule has 0 radical (unpaired) electrons. The molecule has 1 saturated carbocycles. The highest BCUT2D eigenvalue weighted by molar-refractivity contribution is 5.69. The second-order valence-electron chi connectivity index (χ2n) is 4.50. The van der Waals surface area contributed by atoms with E-state index < -0.39 is 0 Å². The van der Waals surface area contributed by atoms with E-state index in [1.807, 2.05) is 12.1 Å². The molecule has 1 aliphatic carbocycles. The van der Waals surface area contributed by atoms with Gasteiger partial charge in [-0.05, 0) is 36.5 Å². The third-order valence-corrected chi connectivity index (χ3v) is 3.22. The summed E-state index contributed by atoms with van der Waals surface area (Å²) in [7, 11) is 0.